The Hall–Kier alpha value is -0.620. The first-order valence-corrected chi connectivity index (χ1v) is 7.60. The Balaban J connectivity index is 2.44. The van der Waals surface area contributed by atoms with Gasteiger partial charge >= 0.3 is 0 Å². The van der Waals surface area contributed by atoms with Crippen molar-refractivity contribution in [2.75, 3.05) is 18.1 Å². The standard InChI is InChI=1S/C11H22N2O3S/c1-10(2,3)13-9(14)7-12-11(4)5-6-17(15,16)8-11/h12H,5-8H2,1-4H3,(H,13,14). The molecule has 1 heterocycles. The average molecular weight is 262 g/mol. The third-order valence-corrected chi connectivity index (χ3v) is 4.60. The number of rotatable bonds is 3. The van der Waals surface area contributed by atoms with Gasteiger partial charge in [0, 0.05) is 11.1 Å². The summed E-state index contributed by atoms with van der Waals surface area (Å²) >= 11 is 0. The summed E-state index contributed by atoms with van der Waals surface area (Å²) < 4.78 is 22.8. The smallest absolute Gasteiger partial charge is 0.234 e. The summed E-state index contributed by atoms with van der Waals surface area (Å²) in [5, 5.41) is 5.87. The maximum absolute atomic E-state index is 11.6. The number of sulfone groups is 1. The zero-order valence-corrected chi connectivity index (χ0v) is 11.8. The molecule has 0 radical (unpaired) electrons. The summed E-state index contributed by atoms with van der Waals surface area (Å²) in [5.74, 6) is 0.211. The molecule has 1 aliphatic heterocycles. The van der Waals surface area contributed by atoms with E-state index in [0.29, 0.717) is 6.42 Å². The van der Waals surface area contributed by atoms with Crippen LogP contribution in [0.15, 0.2) is 0 Å². The van der Waals surface area contributed by atoms with Crippen molar-refractivity contribution < 1.29 is 13.2 Å². The van der Waals surface area contributed by atoms with E-state index in [1.807, 2.05) is 27.7 Å². The fourth-order valence-electron chi connectivity index (χ4n) is 1.91. The van der Waals surface area contributed by atoms with E-state index in [0.717, 1.165) is 0 Å². The van der Waals surface area contributed by atoms with Crippen molar-refractivity contribution in [3.63, 3.8) is 0 Å². The predicted molar refractivity (Wildman–Crippen MR) is 67.6 cm³/mol. The Bertz CT molecular complexity index is 397. The summed E-state index contributed by atoms with van der Waals surface area (Å²) in [6, 6.07) is 0. The van der Waals surface area contributed by atoms with Crippen molar-refractivity contribution in [1.29, 1.82) is 0 Å². The molecule has 1 fully saturated rings. The van der Waals surface area contributed by atoms with Crippen molar-refractivity contribution in [3.8, 4) is 0 Å². The lowest BCUT2D eigenvalue weighted by Gasteiger charge is -2.26. The summed E-state index contributed by atoms with van der Waals surface area (Å²) in [4.78, 5) is 11.6. The Labute approximate surface area is 103 Å². The zero-order valence-electron chi connectivity index (χ0n) is 11.0. The van der Waals surface area contributed by atoms with E-state index in [2.05, 4.69) is 10.6 Å². The van der Waals surface area contributed by atoms with Crippen LogP contribution in [0.4, 0.5) is 0 Å². The minimum absolute atomic E-state index is 0.108. The van der Waals surface area contributed by atoms with Crippen molar-refractivity contribution >= 4 is 15.7 Å². The average Bonchev–Trinajstić information content (AvgIpc) is 2.36. The molecule has 0 bridgehead atoms. The molecule has 17 heavy (non-hydrogen) atoms. The van der Waals surface area contributed by atoms with E-state index in [4.69, 9.17) is 0 Å². The largest absolute Gasteiger partial charge is 0.350 e. The van der Waals surface area contributed by atoms with E-state index in [9.17, 15) is 13.2 Å². The van der Waals surface area contributed by atoms with Gasteiger partial charge in [-0.25, -0.2) is 8.42 Å². The van der Waals surface area contributed by atoms with Crippen molar-refractivity contribution in [2.24, 2.45) is 0 Å². The van der Waals surface area contributed by atoms with Crippen molar-refractivity contribution in [1.82, 2.24) is 10.6 Å². The number of carbonyl (C=O) groups is 1. The molecule has 0 aromatic carbocycles. The van der Waals surface area contributed by atoms with Crippen LogP contribution < -0.4 is 10.6 Å². The molecule has 0 aliphatic carbocycles. The maximum Gasteiger partial charge on any atom is 0.234 e. The lowest BCUT2D eigenvalue weighted by molar-refractivity contribution is -0.121. The molecular formula is C11H22N2O3S. The highest BCUT2D eigenvalue weighted by molar-refractivity contribution is 7.91. The molecule has 100 valence electrons. The lowest BCUT2D eigenvalue weighted by atomic mass is 10.0. The van der Waals surface area contributed by atoms with E-state index in [-0.39, 0.29) is 29.5 Å². The van der Waals surface area contributed by atoms with Gasteiger partial charge in [-0.05, 0) is 34.1 Å². The van der Waals surface area contributed by atoms with Gasteiger partial charge in [-0.3, -0.25) is 4.79 Å². The summed E-state index contributed by atoms with van der Waals surface area (Å²) in [5.41, 5.74) is -0.727. The van der Waals surface area contributed by atoms with Gasteiger partial charge in [0.25, 0.3) is 0 Å². The Morgan fingerprint density at radius 1 is 1.35 bits per heavy atom. The monoisotopic (exact) mass is 262 g/mol. The molecule has 0 spiro atoms. The van der Waals surface area contributed by atoms with Gasteiger partial charge < -0.3 is 10.6 Å². The van der Waals surface area contributed by atoms with Crippen LogP contribution in [0.1, 0.15) is 34.1 Å². The molecule has 0 aromatic heterocycles. The number of hydrogen-bond acceptors (Lipinski definition) is 4. The van der Waals surface area contributed by atoms with Gasteiger partial charge in [-0.15, -0.1) is 0 Å². The zero-order chi connectivity index (χ0) is 13.3. The second-order valence-corrected chi connectivity index (χ2v) is 8.24. The number of amides is 1. The van der Waals surface area contributed by atoms with E-state index in [1.54, 1.807) is 0 Å². The van der Waals surface area contributed by atoms with Gasteiger partial charge in [-0.1, -0.05) is 0 Å². The van der Waals surface area contributed by atoms with Crippen LogP contribution in [0, 0.1) is 0 Å². The molecule has 1 aliphatic rings. The SMILES string of the molecule is CC(C)(C)NC(=O)CNC1(C)CCS(=O)(=O)C1. The fraction of sp³-hybridized carbons (Fsp3) is 0.909. The molecule has 1 atom stereocenters. The topological polar surface area (TPSA) is 75.3 Å². The first-order chi connectivity index (χ1) is 7.52. The first kappa shape index (κ1) is 14.4. The number of hydrogen-bond donors (Lipinski definition) is 2. The van der Waals surface area contributed by atoms with Crippen molar-refractivity contribution in [2.45, 2.75) is 45.2 Å². The van der Waals surface area contributed by atoms with Gasteiger partial charge in [0.15, 0.2) is 9.84 Å². The quantitative estimate of drug-likeness (QED) is 0.754. The second kappa shape index (κ2) is 4.57. The van der Waals surface area contributed by atoms with Crippen LogP contribution in [0.2, 0.25) is 0 Å². The molecule has 1 unspecified atom stereocenters. The normalized spacial score (nSPS) is 28.0. The summed E-state index contributed by atoms with van der Waals surface area (Å²) in [7, 11) is -2.93. The van der Waals surface area contributed by atoms with Crippen LogP contribution >= 0.6 is 0 Å². The summed E-state index contributed by atoms with van der Waals surface area (Å²) in [6.07, 6.45) is 0.568. The third-order valence-electron chi connectivity index (χ3n) is 2.69. The predicted octanol–water partition coefficient (Wildman–Crippen LogP) is 0.0679. The fourth-order valence-corrected chi connectivity index (χ4v) is 4.03. The summed E-state index contributed by atoms with van der Waals surface area (Å²) in [6.45, 7) is 7.73. The molecule has 1 amide bonds. The van der Waals surface area contributed by atoms with Gasteiger partial charge in [0.05, 0.1) is 18.1 Å². The van der Waals surface area contributed by atoms with Crippen LogP contribution in [0.5, 0.6) is 0 Å². The van der Waals surface area contributed by atoms with Crippen LogP contribution in [-0.2, 0) is 14.6 Å². The highest BCUT2D eigenvalue weighted by atomic mass is 32.2. The third kappa shape index (κ3) is 5.04. The van der Waals surface area contributed by atoms with Gasteiger partial charge in [0.1, 0.15) is 0 Å². The molecule has 1 rings (SSSR count). The maximum atomic E-state index is 11.6. The van der Waals surface area contributed by atoms with Crippen molar-refractivity contribution in [3.05, 3.63) is 0 Å². The Morgan fingerprint density at radius 3 is 2.35 bits per heavy atom. The second-order valence-electron chi connectivity index (χ2n) is 6.05. The molecule has 2 N–H and O–H groups in total. The van der Waals surface area contributed by atoms with Crippen LogP contribution in [0.3, 0.4) is 0 Å². The number of carbonyl (C=O) groups excluding carboxylic acids is 1. The first-order valence-electron chi connectivity index (χ1n) is 5.78. The molecule has 5 nitrogen and oxygen atoms in total. The van der Waals surface area contributed by atoms with Gasteiger partial charge in [0.2, 0.25) is 5.91 Å². The highest BCUT2D eigenvalue weighted by Crippen LogP contribution is 2.22. The molecular weight excluding hydrogens is 240 g/mol. The van der Waals surface area contributed by atoms with E-state index < -0.39 is 15.4 Å². The lowest BCUT2D eigenvalue weighted by Crippen LogP contribution is -2.51. The minimum Gasteiger partial charge on any atom is -0.350 e. The Morgan fingerprint density at radius 2 is 1.94 bits per heavy atom. The van der Waals surface area contributed by atoms with Crippen LogP contribution in [0.25, 0.3) is 0 Å². The minimum atomic E-state index is -2.93. The van der Waals surface area contributed by atoms with Gasteiger partial charge in [-0.2, -0.15) is 0 Å². The molecule has 6 heteroatoms. The van der Waals surface area contributed by atoms with E-state index >= 15 is 0 Å². The molecule has 0 saturated carbocycles. The Kier molecular flexibility index (Phi) is 3.88. The molecule has 0 aromatic rings. The molecule has 1 saturated heterocycles. The number of nitrogens with one attached hydrogen (secondary N) is 2. The van der Waals surface area contributed by atoms with Crippen LogP contribution in [-0.4, -0.2) is 43.5 Å². The highest BCUT2D eigenvalue weighted by Gasteiger charge is 2.38. The van der Waals surface area contributed by atoms with E-state index in [1.165, 1.54) is 0 Å².